The lowest BCUT2D eigenvalue weighted by molar-refractivity contribution is 0.150. The van der Waals surface area contributed by atoms with E-state index in [0.29, 0.717) is 12.0 Å². The number of benzene rings is 1. The first-order valence-corrected chi connectivity index (χ1v) is 6.55. The van der Waals surface area contributed by atoms with Gasteiger partial charge in [0.25, 0.3) is 6.43 Å². The molecule has 1 saturated heterocycles. The van der Waals surface area contributed by atoms with Gasteiger partial charge < -0.3 is 10.2 Å². The van der Waals surface area contributed by atoms with Gasteiger partial charge in [-0.05, 0) is 18.1 Å². The topological polar surface area (TPSA) is 15.3 Å². The number of hydrogen-bond acceptors (Lipinski definition) is 2. The van der Waals surface area contributed by atoms with Gasteiger partial charge >= 0.3 is 0 Å². The lowest BCUT2D eigenvalue weighted by atomic mass is 10.0. The predicted molar refractivity (Wildman–Crippen MR) is 69.4 cm³/mol. The second-order valence-corrected chi connectivity index (χ2v) is 4.86. The summed E-state index contributed by atoms with van der Waals surface area (Å²) in [6, 6.07) is 5.01. The Kier molecular flexibility index (Phi) is 4.92. The fourth-order valence-corrected chi connectivity index (χ4v) is 2.53. The Balaban J connectivity index is 2.02. The number of nitrogens with zero attached hydrogens (tertiary/aromatic N) is 1. The standard InChI is InChI=1S/C13H17ClF2N2/c14-11-3-1-2-10(12(11)13(15)16)4-7-18-8-5-17-6-9-18/h1-3,13,17H,4-9H2. The molecule has 0 radical (unpaired) electrons. The van der Waals surface area contributed by atoms with Gasteiger partial charge in [-0.2, -0.15) is 0 Å². The molecule has 2 rings (SSSR count). The van der Waals surface area contributed by atoms with Crippen molar-refractivity contribution in [2.24, 2.45) is 0 Å². The Bertz CT molecular complexity index is 393. The zero-order chi connectivity index (χ0) is 13.0. The lowest BCUT2D eigenvalue weighted by Crippen LogP contribution is -2.44. The van der Waals surface area contributed by atoms with E-state index in [2.05, 4.69) is 10.2 Å². The van der Waals surface area contributed by atoms with Gasteiger partial charge in [0.15, 0.2) is 0 Å². The molecule has 1 fully saturated rings. The van der Waals surface area contributed by atoms with Gasteiger partial charge in [0.2, 0.25) is 0 Å². The maximum absolute atomic E-state index is 12.9. The van der Waals surface area contributed by atoms with Crippen LogP contribution in [0.25, 0.3) is 0 Å². The Morgan fingerprint density at radius 3 is 2.67 bits per heavy atom. The number of hydrogen-bond donors (Lipinski definition) is 1. The van der Waals surface area contributed by atoms with E-state index in [0.717, 1.165) is 32.7 Å². The molecule has 100 valence electrons. The number of rotatable bonds is 4. The van der Waals surface area contributed by atoms with Gasteiger partial charge in [-0.1, -0.05) is 23.7 Å². The van der Waals surface area contributed by atoms with Crippen LogP contribution >= 0.6 is 11.6 Å². The van der Waals surface area contributed by atoms with Crippen molar-refractivity contribution < 1.29 is 8.78 Å². The van der Waals surface area contributed by atoms with Crippen molar-refractivity contribution in [2.75, 3.05) is 32.7 Å². The van der Waals surface area contributed by atoms with Gasteiger partial charge in [0.1, 0.15) is 0 Å². The summed E-state index contributed by atoms with van der Waals surface area (Å²) in [5.74, 6) is 0. The summed E-state index contributed by atoms with van der Waals surface area (Å²) in [4.78, 5) is 2.28. The van der Waals surface area contributed by atoms with Crippen LogP contribution in [0.1, 0.15) is 17.6 Å². The van der Waals surface area contributed by atoms with Gasteiger partial charge in [0, 0.05) is 43.3 Å². The van der Waals surface area contributed by atoms with Crippen molar-refractivity contribution in [3.63, 3.8) is 0 Å². The maximum Gasteiger partial charge on any atom is 0.265 e. The van der Waals surface area contributed by atoms with Crippen molar-refractivity contribution in [3.05, 3.63) is 34.3 Å². The van der Waals surface area contributed by atoms with E-state index in [1.54, 1.807) is 12.1 Å². The molecule has 0 aromatic heterocycles. The van der Waals surface area contributed by atoms with Crippen molar-refractivity contribution in [1.29, 1.82) is 0 Å². The molecule has 5 heteroatoms. The summed E-state index contributed by atoms with van der Waals surface area (Å²) in [7, 11) is 0. The monoisotopic (exact) mass is 274 g/mol. The summed E-state index contributed by atoms with van der Waals surface area (Å²) < 4.78 is 25.9. The van der Waals surface area contributed by atoms with E-state index >= 15 is 0 Å². The average Bonchev–Trinajstić information content (AvgIpc) is 2.37. The molecule has 0 aliphatic carbocycles. The van der Waals surface area contributed by atoms with Crippen LogP contribution in [0.3, 0.4) is 0 Å². The molecule has 0 atom stereocenters. The van der Waals surface area contributed by atoms with Crippen molar-refractivity contribution in [2.45, 2.75) is 12.8 Å². The first-order chi connectivity index (χ1) is 8.68. The van der Waals surface area contributed by atoms with Crippen molar-refractivity contribution in [3.8, 4) is 0 Å². The molecular formula is C13H17ClF2N2. The summed E-state index contributed by atoms with van der Waals surface area (Å²) in [6.45, 7) is 4.70. The minimum atomic E-state index is -2.50. The van der Waals surface area contributed by atoms with E-state index in [9.17, 15) is 8.78 Å². The van der Waals surface area contributed by atoms with E-state index in [1.165, 1.54) is 6.07 Å². The summed E-state index contributed by atoms with van der Waals surface area (Å²) in [6.07, 6.45) is -1.88. The summed E-state index contributed by atoms with van der Waals surface area (Å²) >= 11 is 5.84. The van der Waals surface area contributed by atoms with Gasteiger partial charge in [0.05, 0.1) is 0 Å². The molecule has 1 aliphatic rings. The second-order valence-electron chi connectivity index (χ2n) is 4.45. The van der Waals surface area contributed by atoms with E-state index in [4.69, 9.17) is 11.6 Å². The quantitative estimate of drug-likeness (QED) is 0.908. The number of nitrogens with one attached hydrogen (secondary N) is 1. The zero-order valence-corrected chi connectivity index (χ0v) is 10.9. The molecule has 0 bridgehead atoms. The van der Waals surface area contributed by atoms with Crippen molar-refractivity contribution in [1.82, 2.24) is 10.2 Å². The Morgan fingerprint density at radius 1 is 1.28 bits per heavy atom. The molecule has 1 aliphatic heterocycles. The van der Waals surface area contributed by atoms with E-state index < -0.39 is 6.43 Å². The zero-order valence-electron chi connectivity index (χ0n) is 10.1. The third kappa shape index (κ3) is 3.40. The number of halogens is 3. The smallest absolute Gasteiger partial charge is 0.265 e. The molecule has 1 aromatic carbocycles. The van der Waals surface area contributed by atoms with Gasteiger partial charge in [-0.3, -0.25) is 0 Å². The maximum atomic E-state index is 12.9. The highest BCUT2D eigenvalue weighted by atomic mass is 35.5. The second kappa shape index (κ2) is 6.45. The summed E-state index contributed by atoms with van der Waals surface area (Å²) in [5.41, 5.74) is 0.658. The van der Waals surface area contributed by atoms with Crippen LogP contribution in [0.2, 0.25) is 5.02 Å². The largest absolute Gasteiger partial charge is 0.314 e. The van der Waals surface area contributed by atoms with Crippen LogP contribution in [0.5, 0.6) is 0 Å². The molecule has 0 unspecified atom stereocenters. The van der Waals surface area contributed by atoms with Gasteiger partial charge in [-0.25, -0.2) is 8.78 Å². The Morgan fingerprint density at radius 2 is 2.00 bits per heavy atom. The number of alkyl halides is 2. The van der Waals surface area contributed by atoms with E-state index in [1.807, 2.05) is 0 Å². The first kappa shape index (κ1) is 13.7. The van der Waals surface area contributed by atoms with Crippen LogP contribution in [0.15, 0.2) is 18.2 Å². The molecule has 1 N–H and O–H groups in total. The molecular weight excluding hydrogens is 258 g/mol. The molecule has 0 spiro atoms. The molecule has 2 nitrogen and oxygen atoms in total. The fourth-order valence-electron chi connectivity index (χ4n) is 2.26. The lowest BCUT2D eigenvalue weighted by Gasteiger charge is -2.27. The SMILES string of the molecule is FC(F)c1c(Cl)cccc1CCN1CCNCC1. The van der Waals surface area contributed by atoms with Crippen LogP contribution in [0.4, 0.5) is 8.78 Å². The third-order valence-corrected chi connectivity index (χ3v) is 3.60. The fraction of sp³-hybridized carbons (Fsp3) is 0.538. The molecule has 0 amide bonds. The molecule has 18 heavy (non-hydrogen) atoms. The van der Waals surface area contributed by atoms with E-state index in [-0.39, 0.29) is 10.6 Å². The summed E-state index contributed by atoms with van der Waals surface area (Å²) in [5, 5.41) is 3.44. The Hall–Kier alpha value is -0.710. The first-order valence-electron chi connectivity index (χ1n) is 6.17. The highest BCUT2D eigenvalue weighted by Gasteiger charge is 2.17. The number of piperazine rings is 1. The van der Waals surface area contributed by atoms with Crippen LogP contribution < -0.4 is 5.32 Å². The molecule has 1 heterocycles. The van der Waals surface area contributed by atoms with Gasteiger partial charge in [-0.15, -0.1) is 0 Å². The van der Waals surface area contributed by atoms with Crippen LogP contribution in [-0.2, 0) is 6.42 Å². The third-order valence-electron chi connectivity index (χ3n) is 3.27. The van der Waals surface area contributed by atoms with Crippen LogP contribution in [0, 0.1) is 0 Å². The van der Waals surface area contributed by atoms with Crippen LogP contribution in [-0.4, -0.2) is 37.6 Å². The average molecular weight is 275 g/mol. The highest BCUT2D eigenvalue weighted by Crippen LogP contribution is 2.30. The minimum Gasteiger partial charge on any atom is -0.314 e. The minimum absolute atomic E-state index is 0.00528. The Labute approximate surface area is 111 Å². The normalized spacial score (nSPS) is 17.3. The highest BCUT2D eigenvalue weighted by molar-refractivity contribution is 6.31. The predicted octanol–water partition coefficient (Wildman–Crippen LogP) is 2.73. The molecule has 1 aromatic rings. The van der Waals surface area contributed by atoms with Crippen molar-refractivity contribution >= 4 is 11.6 Å². The molecule has 0 saturated carbocycles.